The molecule has 3 rings (SSSR count). The Labute approximate surface area is 132 Å². The van der Waals surface area contributed by atoms with Crippen molar-refractivity contribution in [1.82, 2.24) is 4.98 Å². The van der Waals surface area contributed by atoms with Crippen molar-refractivity contribution in [2.24, 2.45) is 0 Å². The fraction of sp³-hybridized carbons (Fsp3) is 0.111. The van der Waals surface area contributed by atoms with Gasteiger partial charge in [0.1, 0.15) is 6.61 Å². The van der Waals surface area contributed by atoms with Gasteiger partial charge >= 0.3 is 11.9 Å². The number of aromatic nitrogens is 1. The Hall–Kier alpha value is -3.08. The molecule has 0 unspecified atom stereocenters. The summed E-state index contributed by atoms with van der Waals surface area (Å²) >= 11 is 0. The van der Waals surface area contributed by atoms with Gasteiger partial charge in [-0.1, -0.05) is 30.3 Å². The number of esters is 2. The number of aromatic amines is 1. The number of carbonyl (C=O) groups excluding carboxylic acids is 2. The molecule has 0 spiro atoms. The summed E-state index contributed by atoms with van der Waals surface area (Å²) in [5.41, 5.74) is 2.52. The van der Waals surface area contributed by atoms with Crippen molar-refractivity contribution < 1.29 is 19.1 Å². The molecule has 0 aliphatic rings. The maximum atomic E-state index is 12.2. The Morgan fingerprint density at radius 1 is 1.04 bits per heavy atom. The van der Waals surface area contributed by atoms with Gasteiger partial charge in [0.05, 0.1) is 18.2 Å². The molecule has 1 aromatic heterocycles. The molecule has 116 valence electrons. The van der Waals surface area contributed by atoms with Crippen molar-refractivity contribution in [3.63, 3.8) is 0 Å². The van der Waals surface area contributed by atoms with Crippen LogP contribution in [0.3, 0.4) is 0 Å². The van der Waals surface area contributed by atoms with E-state index in [-0.39, 0.29) is 6.61 Å². The molecule has 0 saturated heterocycles. The minimum atomic E-state index is -0.421. The predicted molar refractivity (Wildman–Crippen MR) is 85.2 cm³/mol. The van der Waals surface area contributed by atoms with E-state index in [1.807, 2.05) is 24.3 Å². The Balaban J connectivity index is 1.73. The van der Waals surface area contributed by atoms with E-state index in [0.717, 1.165) is 16.5 Å². The minimum Gasteiger partial charge on any atom is -0.465 e. The van der Waals surface area contributed by atoms with Gasteiger partial charge in [-0.05, 0) is 23.8 Å². The summed E-state index contributed by atoms with van der Waals surface area (Å²) < 4.78 is 10.0. The standard InChI is InChI=1S/C18H15NO4/c1-22-17(20)13-6-4-5-12(9-13)11-23-18(21)15-10-19-16-8-3-2-7-14(15)16/h2-10,19H,11H2,1H3. The summed E-state index contributed by atoms with van der Waals surface area (Å²) in [6.07, 6.45) is 1.64. The van der Waals surface area contributed by atoms with Gasteiger partial charge in [0, 0.05) is 17.1 Å². The number of para-hydroxylation sites is 1. The topological polar surface area (TPSA) is 68.4 Å². The molecule has 0 bridgehead atoms. The summed E-state index contributed by atoms with van der Waals surface area (Å²) in [5.74, 6) is -0.833. The maximum absolute atomic E-state index is 12.2. The molecule has 3 aromatic rings. The molecule has 5 nitrogen and oxygen atoms in total. The number of fused-ring (bicyclic) bond motifs is 1. The summed E-state index contributed by atoms with van der Waals surface area (Å²) in [6, 6.07) is 14.3. The molecule has 0 amide bonds. The molecular weight excluding hydrogens is 294 g/mol. The number of hydrogen-bond acceptors (Lipinski definition) is 4. The summed E-state index contributed by atoms with van der Waals surface area (Å²) in [5, 5.41) is 0.820. The van der Waals surface area contributed by atoms with Crippen molar-refractivity contribution >= 4 is 22.8 Å². The first-order valence-electron chi connectivity index (χ1n) is 7.09. The minimum absolute atomic E-state index is 0.0865. The van der Waals surface area contributed by atoms with Gasteiger partial charge in [0.25, 0.3) is 0 Å². The van der Waals surface area contributed by atoms with Crippen LogP contribution in [-0.2, 0) is 16.1 Å². The molecule has 2 aromatic carbocycles. The zero-order chi connectivity index (χ0) is 16.2. The summed E-state index contributed by atoms with van der Waals surface area (Å²) in [4.78, 5) is 26.8. The van der Waals surface area contributed by atoms with Gasteiger partial charge in [-0.25, -0.2) is 9.59 Å². The summed E-state index contributed by atoms with van der Waals surface area (Å²) in [6.45, 7) is 0.0865. The zero-order valence-corrected chi connectivity index (χ0v) is 12.5. The van der Waals surface area contributed by atoms with E-state index in [2.05, 4.69) is 9.72 Å². The van der Waals surface area contributed by atoms with Gasteiger partial charge in [0.2, 0.25) is 0 Å². The Bertz CT molecular complexity index is 866. The van der Waals surface area contributed by atoms with Crippen LogP contribution >= 0.6 is 0 Å². The number of ether oxygens (including phenoxy) is 2. The van der Waals surface area contributed by atoms with Crippen LogP contribution in [0.25, 0.3) is 10.9 Å². The largest absolute Gasteiger partial charge is 0.465 e. The molecule has 5 heteroatoms. The van der Waals surface area contributed by atoms with E-state index >= 15 is 0 Å². The van der Waals surface area contributed by atoms with Crippen molar-refractivity contribution in [1.29, 1.82) is 0 Å². The predicted octanol–water partition coefficient (Wildman–Crippen LogP) is 3.31. The SMILES string of the molecule is COC(=O)c1cccc(COC(=O)c2c[nH]c3ccccc23)c1. The first-order valence-corrected chi connectivity index (χ1v) is 7.09. The second-order valence-electron chi connectivity index (χ2n) is 5.02. The molecule has 0 aliphatic heterocycles. The van der Waals surface area contributed by atoms with Crippen molar-refractivity contribution in [3.8, 4) is 0 Å². The molecule has 0 radical (unpaired) electrons. The first kappa shape index (κ1) is 14.8. The third kappa shape index (κ3) is 3.08. The Morgan fingerprint density at radius 3 is 2.70 bits per heavy atom. The van der Waals surface area contributed by atoms with E-state index < -0.39 is 11.9 Å². The van der Waals surface area contributed by atoms with Crippen molar-refractivity contribution in [2.75, 3.05) is 7.11 Å². The van der Waals surface area contributed by atoms with E-state index in [9.17, 15) is 9.59 Å². The third-order valence-electron chi connectivity index (χ3n) is 3.53. The molecule has 1 heterocycles. The fourth-order valence-corrected chi connectivity index (χ4v) is 2.37. The average Bonchev–Trinajstić information content (AvgIpc) is 3.03. The number of benzene rings is 2. The lowest BCUT2D eigenvalue weighted by Gasteiger charge is -2.06. The summed E-state index contributed by atoms with van der Waals surface area (Å²) in [7, 11) is 1.33. The second-order valence-corrected chi connectivity index (χ2v) is 5.02. The lowest BCUT2D eigenvalue weighted by molar-refractivity contribution is 0.0475. The molecule has 23 heavy (non-hydrogen) atoms. The van der Waals surface area contributed by atoms with E-state index in [0.29, 0.717) is 11.1 Å². The molecule has 0 saturated carbocycles. The highest BCUT2D eigenvalue weighted by molar-refractivity contribution is 6.04. The average molecular weight is 309 g/mol. The van der Waals surface area contributed by atoms with Crippen LogP contribution in [0.4, 0.5) is 0 Å². The van der Waals surface area contributed by atoms with Gasteiger partial charge in [-0.3, -0.25) is 0 Å². The lowest BCUT2D eigenvalue weighted by atomic mass is 10.1. The quantitative estimate of drug-likeness (QED) is 0.751. The molecule has 0 atom stereocenters. The Kier molecular flexibility index (Phi) is 4.10. The normalized spacial score (nSPS) is 10.5. The highest BCUT2D eigenvalue weighted by atomic mass is 16.5. The number of H-pyrrole nitrogens is 1. The number of rotatable bonds is 4. The second kappa shape index (κ2) is 6.36. The van der Waals surface area contributed by atoms with Crippen LogP contribution in [0.1, 0.15) is 26.3 Å². The van der Waals surface area contributed by atoms with Crippen LogP contribution in [0, 0.1) is 0 Å². The number of methoxy groups -OCH3 is 1. The third-order valence-corrected chi connectivity index (χ3v) is 3.53. The fourth-order valence-electron chi connectivity index (χ4n) is 2.37. The Morgan fingerprint density at radius 2 is 1.87 bits per heavy atom. The highest BCUT2D eigenvalue weighted by Gasteiger charge is 2.13. The number of hydrogen-bond donors (Lipinski definition) is 1. The van der Waals surface area contributed by atoms with Gasteiger partial charge in [-0.2, -0.15) is 0 Å². The smallest absolute Gasteiger partial charge is 0.340 e. The number of nitrogens with one attached hydrogen (secondary N) is 1. The van der Waals surface area contributed by atoms with Crippen LogP contribution in [0.2, 0.25) is 0 Å². The van der Waals surface area contributed by atoms with Crippen molar-refractivity contribution in [3.05, 3.63) is 71.4 Å². The first-order chi connectivity index (χ1) is 11.2. The monoisotopic (exact) mass is 309 g/mol. The zero-order valence-electron chi connectivity index (χ0n) is 12.5. The van der Waals surface area contributed by atoms with Gasteiger partial charge in [0.15, 0.2) is 0 Å². The van der Waals surface area contributed by atoms with Crippen molar-refractivity contribution in [2.45, 2.75) is 6.61 Å². The van der Waals surface area contributed by atoms with Crippen LogP contribution in [0.5, 0.6) is 0 Å². The lowest BCUT2D eigenvalue weighted by Crippen LogP contribution is -2.06. The van der Waals surface area contributed by atoms with Crippen LogP contribution in [0.15, 0.2) is 54.7 Å². The molecular formula is C18H15NO4. The van der Waals surface area contributed by atoms with E-state index in [1.165, 1.54) is 7.11 Å². The van der Waals surface area contributed by atoms with Gasteiger partial charge in [-0.15, -0.1) is 0 Å². The van der Waals surface area contributed by atoms with E-state index in [4.69, 9.17) is 4.74 Å². The molecule has 0 aliphatic carbocycles. The molecule has 0 fully saturated rings. The maximum Gasteiger partial charge on any atom is 0.340 e. The van der Waals surface area contributed by atoms with Gasteiger partial charge < -0.3 is 14.5 Å². The van der Waals surface area contributed by atoms with Crippen LogP contribution in [-0.4, -0.2) is 24.0 Å². The molecule has 1 N–H and O–H groups in total. The highest BCUT2D eigenvalue weighted by Crippen LogP contribution is 2.19. The number of carbonyl (C=O) groups is 2. The van der Waals surface area contributed by atoms with E-state index in [1.54, 1.807) is 30.5 Å². The van der Waals surface area contributed by atoms with Crippen LogP contribution < -0.4 is 0 Å².